The number of carbonyl (C=O) groups excluding carboxylic acids is 1. The van der Waals surface area contributed by atoms with Gasteiger partial charge >= 0.3 is 0 Å². The Morgan fingerprint density at radius 3 is 2.46 bits per heavy atom. The summed E-state index contributed by atoms with van der Waals surface area (Å²) < 4.78 is 24.9. The van der Waals surface area contributed by atoms with Crippen molar-refractivity contribution in [1.82, 2.24) is 5.32 Å². The third kappa shape index (κ3) is 4.48. The van der Waals surface area contributed by atoms with Crippen molar-refractivity contribution in [1.29, 1.82) is 0 Å². The SMILES string of the molecule is Cc1ccccc1[C@@H](C)NC(=O)c1cc(NS(C)(=O)=O)ccc1O. The van der Waals surface area contributed by atoms with Crippen molar-refractivity contribution in [3.8, 4) is 5.75 Å². The lowest BCUT2D eigenvalue weighted by Gasteiger charge is -2.17. The van der Waals surface area contributed by atoms with E-state index >= 15 is 0 Å². The molecule has 1 atom stereocenters. The lowest BCUT2D eigenvalue weighted by Crippen LogP contribution is -2.27. The number of phenolic OH excluding ortho intramolecular Hbond substituents is 1. The van der Waals surface area contributed by atoms with Crippen LogP contribution in [0, 0.1) is 6.92 Å². The normalized spacial score (nSPS) is 12.5. The van der Waals surface area contributed by atoms with Crippen molar-refractivity contribution in [2.75, 3.05) is 11.0 Å². The number of amides is 1. The van der Waals surface area contributed by atoms with Gasteiger partial charge in [0.1, 0.15) is 5.75 Å². The van der Waals surface area contributed by atoms with Crippen molar-refractivity contribution in [2.45, 2.75) is 19.9 Å². The fourth-order valence-corrected chi connectivity index (χ4v) is 2.98. The molecule has 0 radical (unpaired) electrons. The number of nitrogens with one attached hydrogen (secondary N) is 2. The van der Waals surface area contributed by atoms with Gasteiger partial charge in [0.25, 0.3) is 5.91 Å². The minimum Gasteiger partial charge on any atom is -0.507 e. The molecule has 128 valence electrons. The Bertz CT molecular complexity index is 863. The van der Waals surface area contributed by atoms with Crippen LogP contribution in [0.1, 0.15) is 34.5 Å². The van der Waals surface area contributed by atoms with Gasteiger partial charge in [-0.3, -0.25) is 9.52 Å². The topological polar surface area (TPSA) is 95.5 Å². The number of aromatic hydroxyl groups is 1. The van der Waals surface area contributed by atoms with Crippen molar-refractivity contribution < 1.29 is 18.3 Å². The molecule has 0 saturated heterocycles. The first-order chi connectivity index (χ1) is 11.2. The summed E-state index contributed by atoms with van der Waals surface area (Å²) >= 11 is 0. The number of phenols is 1. The van der Waals surface area contributed by atoms with Crippen LogP contribution in [0.2, 0.25) is 0 Å². The highest BCUT2D eigenvalue weighted by Crippen LogP contribution is 2.24. The van der Waals surface area contributed by atoms with Crippen LogP contribution in [0.4, 0.5) is 5.69 Å². The predicted molar refractivity (Wildman–Crippen MR) is 93.6 cm³/mol. The van der Waals surface area contributed by atoms with E-state index < -0.39 is 15.9 Å². The van der Waals surface area contributed by atoms with Gasteiger partial charge in [-0.1, -0.05) is 24.3 Å². The van der Waals surface area contributed by atoms with Gasteiger partial charge in [-0.25, -0.2) is 8.42 Å². The van der Waals surface area contributed by atoms with Gasteiger partial charge in [0.2, 0.25) is 10.0 Å². The van der Waals surface area contributed by atoms with Crippen molar-refractivity contribution in [3.63, 3.8) is 0 Å². The second kappa shape index (κ2) is 6.92. The van der Waals surface area contributed by atoms with Crippen LogP contribution in [0.15, 0.2) is 42.5 Å². The summed E-state index contributed by atoms with van der Waals surface area (Å²) in [4.78, 5) is 12.4. The first-order valence-corrected chi connectivity index (χ1v) is 9.23. The third-order valence-electron chi connectivity index (χ3n) is 3.55. The first kappa shape index (κ1) is 17.8. The van der Waals surface area contributed by atoms with Crippen molar-refractivity contribution in [3.05, 3.63) is 59.2 Å². The summed E-state index contributed by atoms with van der Waals surface area (Å²) in [6.45, 7) is 3.79. The average molecular weight is 348 g/mol. The van der Waals surface area contributed by atoms with Crippen LogP contribution in [-0.4, -0.2) is 25.7 Å². The molecular formula is C17H20N2O4S. The van der Waals surface area contributed by atoms with Gasteiger partial charge in [-0.05, 0) is 43.2 Å². The monoisotopic (exact) mass is 348 g/mol. The molecule has 3 N–H and O–H groups in total. The maximum atomic E-state index is 12.4. The van der Waals surface area contributed by atoms with E-state index in [2.05, 4.69) is 10.0 Å². The number of sulfonamides is 1. The molecule has 24 heavy (non-hydrogen) atoms. The molecule has 0 spiro atoms. The van der Waals surface area contributed by atoms with Crippen LogP contribution < -0.4 is 10.0 Å². The fraction of sp³-hybridized carbons (Fsp3) is 0.235. The number of benzene rings is 2. The number of hydrogen-bond donors (Lipinski definition) is 3. The molecule has 0 aliphatic carbocycles. The molecule has 0 unspecified atom stereocenters. The highest BCUT2D eigenvalue weighted by molar-refractivity contribution is 7.92. The first-order valence-electron chi connectivity index (χ1n) is 7.34. The molecular weight excluding hydrogens is 328 g/mol. The Balaban J connectivity index is 2.23. The molecule has 6 nitrogen and oxygen atoms in total. The Hall–Kier alpha value is -2.54. The minimum atomic E-state index is -3.47. The average Bonchev–Trinajstić information content (AvgIpc) is 2.48. The largest absolute Gasteiger partial charge is 0.507 e. The third-order valence-corrected chi connectivity index (χ3v) is 4.15. The molecule has 0 aromatic heterocycles. The Labute approximate surface area is 141 Å². The Morgan fingerprint density at radius 1 is 1.17 bits per heavy atom. The number of rotatable bonds is 5. The maximum absolute atomic E-state index is 12.4. The lowest BCUT2D eigenvalue weighted by molar-refractivity contribution is 0.0937. The van der Waals surface area contributed by atoms with E-state index in [9.17, 15) is 18.3 Å². The van der Waals surface area contributed by atoms with Gasteiger partial charge in [0.15, 0.2) is 0 Å². The van der Waals surface area contributed by atoms with E-state index in [1.807, 2.05) is 38.1 Å². The summed E-state index contributed by atoms with van der Waals surface area (Å²) in [5, 5.41) is 12.7. The Morgan fingerprint density at radius 2 is 1.83 bits per heavy atom. The molecule has 2 rings (SSSR count). The molecule has 7 heteroatoms. The van der Waals surface area contributed by atoms with E-state index in [0.717, 1.165) is 17.4 Å². The second-order valence-corrected chi connectivity index (χ2v) is 7.41. The van der Waals surface area contributed by atoms with Crippen LogP contribution in [0.3, 0.4) is 0 Å². The molecule has 2 aromatic carbocycles. The summed E-state index contributed by atoms with van der Waals surface area (Å²) in [7, 11) is -3.47. The van der Waals surface area contributed by atoms with Crippen LogP contribution in [0.5, 0.6) is 5.75 Å². The predicted octanol–water partition coefficient (Wildman–Crippen LogP) is 2.56. The molecule has 2 aromatic rings. The van der Waals surface area contributed by atoms with Gasteiger partial charge in [0, 0.05) is 5.69 Å². The Kier molecular flexibility index (Phi) is 5.14. The zero-order valence-corrected chi connectivity index (χ0v) is 14.5. The maximum Gasteiger partial charge on any atom is 0.255 e. The fourth-order valence-electron chi connectivity index (χ4n) is 2.42. The molecule has 0 bridgehead atoms. The summed E-state index contributed by atoms with van der Waals surface area (Å²) in [5.74, 6) is -0.705. The van der Waals surface area contributed by atoms with E-state index in [0.29, 0.717) is 0 Å². The zero-order chi connectivity index (χ0) is 17.9. The smallest absolute Gasteiger partial charge is 0.255 e. The number of anilines is 1. The number of hydrogen-bond acceptors (Lipinski definition) is 4. The van der Waals surface area contributed by atoms with Crippen LogP contribution in [0.25, 0.3) is 0 Å². The molecule has 0 fully saturated rings. The molecule has 0 aliphatic heterocycles. The van der Waals surface area contributed by atoms with Crippen LogP contribution >= 0.6 is 0 Å². The minimum absolute atomic E-state index is 0.00378. The van der Waals surface area contributed by atoms with Gasteiger partial charge in [0.05, 0.1) is 17.9 Å². The summed E-state index contributed by atoms with van der Waals surface area (Å²) in [6, 6.07) is 11.4. The summed E-state index contributed by atoms with van der Waals surface area (Å²) in [6.07, 6.45) is 1.01. The number of aryl methyl sites for hydroxylation is 1. The van der Waals surface area contributed by atoms with E-state index in [-0.39, 0.29) is 23.0 Å². The number of carbonyl (C=O) groups is 1. The van der Waals surface area contributed by atoms with Gasteiger partial charge in [-0.15, -0.1) is 0 Å². The van der Waals surface area contributed by atoms with Gasteiger partial charge < -0.3 is 10.4 Å². The molecule has 0 heterocycles. The highest BCUT2D eigenvalue weighted by atomic mass is 32.2. The summed E-state index contributed by atoms with van der Waals surface area (Å²) in [5.41, 5.74) is 2.23. The van der Waals surface area contributed by atoms with E-state index in [1.165, 1.54) is 18.2 Å². The van der Waals surface area contributed by atoms with Gasteiger partial charge in [-0.2, -0.15) is 0 Å². The molecule has 0 saturated carbocycles. The van der Waals surface area contributed by atoms with E-state index in [4.69, 9.17) is 0 Å². The lowest BCUT2D eigenvalue weighted by atomic mass is 10.0. The van der Waals surface area contributed by atoms with E-state index in [1.54, 1.807) is 0 Å². The zero-order valence-electron chi connectivity index (χ0n) is 13.7. The highest BCUT2D eigenvalue weighted by Gasteiger charge is 2.17. The van der Waals surface area contributed by atoms with Crippen molar-refractivity contribution >= 4 is 21.6 Å². The second-order valence-electron chi connectivity index (χ2n) is 5.66. The van der Waals surface area contributed by atoms with Crippen LogP contribution in [-0.2, 0) is 10.0 Å². The molecule has 0 aliphatic rings. The molecule has 1 amide bonds. The van der Waals surface area contributed by atoms with Crippen molar-refractivity contribution in [2.24, 2.45) is 0 Å². The standard InChI is InChI=1S/C17H20N2O4S/c1-11-6-4-5-7-14(11)12(2)18-17(21)15-10-13(8-9-16(15)20)19-24(3,22)23/h4-10,12,19-20H,1-3H3,(H,18,21)/t12-/m1/s1. The quantitative estimate of drug-likeness (QED) is 0.724.